The van der Waals surface area contributed by atoms with Crippen molar-refractivity contribution in [2.45, 2.75) is 32.9 Å². The van der Waals surface area contributed by atoms with Crippen molar-refractivity contribution in [3.05, 3.63) is 47.3 Å². The molecule has 1 aromatic carbocycles. The first kappa shape index (κ1) is 16.9. The molecule has 0 aliphatic carbocycles. The highest BCUT2D eigenvalue weighted by Gasteiger charge is 2.08. The second-order valence-electron chi connectivity index (χ2n) is 5.50. The number of hydrogen-bond donors (Lipinski definition) is 2. The smallest absolute Gasteiger partial charge is 0.191 e. The maximum atomic E-state index is 5.30. The molecule has 0 spiro atoms. The molecule has 0 fully saturated rings. The van der Waals surface area contributed by atoms with E-state index in [1.54, 1.807) is 14.2 Å². The minimum Gasteiger partial charge on any atom is -0.497 e. The standard InChI is InChI=1S/C17H24N4O2/c1-12(2)16-9-15(23-21-16)11-20-17(18-3)19-10-13-6-5-7-14(8-13)22-4/h5-9,12H,10-11H2,1-4H3,(H2,18,19,20). The molecule has 2 rings (SSSR count). The Morgan fingerprint density at radius 2 is 2.04 bits per heavy atom. The van der Waals surface area contributed by atoms with E-state index < -0.39 is 0 Å². The zero-order valence-electron chi connectivity index (χ0n) is 14.1. The van der Waals surface area contributed by atoms with Gasteiger partial charge in [0.25, 0.3) is 0 Å². The van der Waals surface area contributed by atoms with Crippen LogP contribution < -0.4 is 15.4 Å². The molecule has 0 aliphatic heterocycles. The average Bonchev–Trinajstić information content (AvgIpc) is 3.04. The van der Waals surface area contributed by atoms with E-state index in [2.05, 4.69) is 34.6 Å². The molecule has 0 saturated heterocycles. The maximum absolute atomic E-state index is 5.30. The highest BCUT2D eigenvalue weighted by atomic mass is 16.5. The maximum Gasteiger partial charge on any atom is 0.191 e. The second kappa shape index (κ2) is 8.22. The van der Waals surface area contributed by atoms with Crippen LogP contribution in [0.3, 0.4) is 0 Å². The van der Waals surface area contributed by atoms with Crippen LogP contribution in [0.5, 0.6) is 5.75 Å². The predicted molar refractivity (Wildman–Crippen MR) is 90.6 cm³/mol. The molecule has 0 amide bonds. The first-order chi connectivity index (χ1) is 11.1. The van der Waals surface area contributed by atoms with E-state index in [0.717, 1.165) is 22.8 Å². The highest BCUT2D eigenvalue weighted by Crippen LogP contribution is 2.14. The van der Waals surface area contributed by atoms with Crippen LogP contribution >= 0.6 is 0 Å². The number of rotatable bonds is 6. The van der Waals surface area contributed by atoms with Gasteiger partial charge in [0, 0.05) is 19.7 Å². The number of ether oxygens (including phenoxy) is 1. The SMILES string of the molecule is CN=C(NCc1cccc(OC)c1)NCc1cc(C(C)C)no1. The van der Waals surface area contributed by atoms with Gasteiger partial charge in [0.05, 0.1) is 19.3 Å². The van der Waals surface area contributed by atoms with Gasteiger partial charge in [-0.15, -0.1) is 0 Å². The molecule has 0 aliphatic rings. The summed E-state index contributed by atoms with van der Waals surface area (Å²) in [4.78, 5) is 4.20. The topological polar surface area (TPSA) is 71.7 Å². The summed E-state index contributed by atoms with van der Waals surface area (Å²) in [5.74, 6) is 2.70. The Morgan fingerprint density at radius 3 is 2.70 bits per heavy atom. The summed E-state index contributed by atoms with van der Waals surface area (Å²) in [5, 5.41) is 10.5. The van der Waals surface area contributed by atoms with E-state index >= 15 is 0 Å². The quantitative estimate of drug-likeness (QED) is 0.633. The first-order valence-electron chi connectivity index (χ1n) is 7.65. The Labute approximate surface area is 136 Å². The minimum absolute atomic E-state index is 0.359. The summed E-state index contributed by atoms with van der Waals surface area (Å²) in [7, 11) is 3.40. The average molecular weight is 316 g/mol. The van der Waals surface area contributed by atoms with Crippen molar-refractivity contribution in [2.24, 2.45) is 4.99 Å². The summed E-state index contributed by atoms with van der Waals surface area (Å²) < 4.78 is 10.5. The van der Waals surface area contributed by atoms with Gasteiger partial charge in [-0.3, -0.25) is 4.99 Å². The number of nitrogens with one attached hydrogen (secondary N) is 2. The van der Waals surface area contributed by atoms with Crippen LogP contribution in [0.15, 0.2) is 39.8 Å². The van der Waals surface area contributed by atoms with Gasteiger partial charge in [-0.1, -0.05) is 31.1 Å². The molecular formula is C17H24N4O2. The van der Waals surface area contributed by atoms with Crippen molar-refractivity contribution < 1.29 is 9.26 Å². The fourth-order valence-electron chi connectivity index (χ4n) is 2.04. The number of benzene rings is 1. The Hall–Kier alpha value is -2.50. The fraction of sp³-hybridized carbons (Fsp3) is 0.412. The van der Waals surface area contributed by atoms with Crippen LogP contribution in [0.2, 0.25) is 0 Å². The normalized spacial score (nSPS) is 11.6. The van der Waals surface area contributed by atoms with Gasteiger partial charge in [0.1, 0.15) is 5.75 Å². The van der Waals surface area contributed by atoms with Gasteiger partial charge < -0.3 is 19.9 Å². The molecule has 1 heterocycles. The molecule has 0 saturated carbocycles. The van der Waals surface area contributed by atoms with Gasteiger partial charge in [0.15, 0.2) is 11.7 Å². The van der Waals surface area contributed by atoms with Crippen LogP contribution in [-0.4, -0.2) is 25.3 Å². The Balaban J connectivity index is 1.85. The van der Waals surface area contributed by atoms with Crippen molar-refractivity contribution in [3.63, 3.8) is 0 Å². The molecule has 0 radical (unpaired) electrons. The second-order valence-corrected chi connectivity index (χ2v) is 5.50. The molecule has 0 bridgehead atoms. The summed E-state index contributed by atoms with van der Waals surface area (Å²) in [6, 6.07) is 9.88. The fourth-order valence-corrected chi connectivity index (χ4v) is 2.04. The first-order valence-corrected chi connectivity index (χ1v) is 7.65. The van der Waals surface area contributed by atoms with Gasteiger partial charge in [0.2, 0.25) is 0 Å². The number of methoxy groups -OCH3 is 1. The number of guanidine groups is 1. The van der Waals surface area contributed by atoms with Gasteiger partial charge in [-0.25, -0.2) is 0 Å². The van der Waals surface area contributed by atoms with Gasteiger partial charge in [-0.2, -0.15) is 0 Å². The molecule has 2 aromatic rings. The van der Waals surface area contributed by atoms with Crippen LogP contribution in [0.25, 0.3) is 0 Å². The third-order valence-corrected chi connectivity index (χ3v) is 3.42. The zero-order chi connectivity index (χ0) is 16.7. The number of aliphatic imine (C=N–C) groups is 1. The molecule has 2 N–H and O–H groups in total. The highest BCUT2D eigenvalue weighted by molar-refractivity contribution is 5.79. The monoisotopic (exact) mass is 316 g/mol. The van der Waals surface area contributed by atoms with E-state index in [4.69, 9.17) is 9.26 Å². The lowest BCUT2D eigenvalue weighted by Gasteiger charge is -2.11. The Bertz CT molecular complexity index is 650. The third-order valence-electron chi connectivity index (χ3n) is 3.42. The largest absolute Gasteiger partial charge is 0.497 e. The van der Waals surface area contributed by atoms with Crippen molar-refractivity contribution in [1.82, 2.24) is 15.8 Å². The summed E-state index contributed by atoms with van der Waals surface area (Å²) in [6.45, 7) is 5.37. The van der Waals surface area contributed by atoms with Crippen molar-refractivity contribution >= 4 is 5.96 Å². The van der Waals surface area contributed by atoms with Crippen LogP contribution in [0, 0.1) is 0 Å². The van der Waals surface area contributed by atoms with Gasteiger partial charge >= 0.3 is 0 Å². The predicted octanol–water partition coefficient (Wildman–Crippen LogP) is 2.67. The van der Waals surface area contributed by atoms with Crippen molar-refractivity contribution in [3.8, 4) is 5.75 Å². The molecule has 1 aromatic heterocycles. The van der Waals surface area contributed by atoms with E-state index in [1.165, 1.54) is 0 Å². The molecule has 0 atom stereocenters. The summed E-state index contributed by atoms with van der Waals surface area (Å²) >= 11 is 0. The van der Waals surface area contributed by atoms with E-state index in [-0.39, 0.29) is 0 Å². The van der Waals surface area contributed by atoms with E-state index in [1.807, 2.05) is 30.3 Å². The third kappa shape index (κ3) is 5.02. The zero-order valence-corrected chi connectivity index (χ0v) is 14.1. The number of nitrogens with zero attached hydrogens (tertiary/aromatic N) is 2. The van der Waals surface area contributed by atoms with Gasteiger partial charge in [-0.05, 0) is 23.6 Å². The summed E-state index contributed by atoms with van der Waals surface area (Å²) in [5.41, 5.74) is 2.08. The Morgan fingerprint density at radius 1 is 1.26 bits per heavy atom. The lowest BCUT2D eigenvalue weighted by atomic mass is 10.1. The lowest BCUT2D eigenvalue weighted by molar-refractivity contribution is 0.372. The molecule has 6 nitrogen and oxygen atoms in total. The lowest BCUT2D eigenvalue weighted by Crippen LogP contribution is -2.36. The van der Waals surface area contributed by atoms with Crippen LogP contribution in [0.4, 0.5) is 0 Å². The Kier molecular flexibility index (Phi) is 6.02. The minimum atomic E-state index is 0.359. The van der Waals surface area contributed by atoms with Crippen LogP contribution in [0.1, 0.15) is 36.8 Å². The number of aromatic nitrogens is 1. The molecule has 6 heteroatoms. The molecule has 23 heavy (non-hydrogen) atoms. The van der Waals surface area contributed by atoms with E-state index in [9.17, 15) is 0 Å². The van der Waals surface area contributed by atoms with E-state index in [0.29, 0.717) is 25.0 Å². The van der Waals surface area contributed by atoms with Crippen LogP contribution in [-0.2, 0) is 13.1 Å². The summed E-state index contributed by atoms with van der Waals surface area (Å²) in [6.07, 6.45) is 0. The van der Waals surface area contributed by atoms with Crippen molar-refractivity contribution in [2.75, 3.05) is 14.2 Å². The molecular weight excluding hydrogens is 292 g/mol. The number of hydrogen-bond acceptors (Lipinski definition) is 4. The molecule has 0 unspecified atom stereocenters. The van der Waals surface area contributed by atoms with Crippen molar-refractivity contribution in [1.29, 1.82) is 0 Å². The molecule has 124 valence electrons.